The summed E-state index contributed by atoms with van der Waals surface area (Å²) >= 11 is 0. The van der Waals surface area contributed by atoms with Crippen LogP contribution in [0.2, 0.25) is 0 Å². The summed E-state index contributed by atoms with van der Waals surface area (Å²) in [4.78, 5) is 11.9. The summed E-state index contributed by atoms with van der Waals surface area (Å²) in [5.41, 5.74) is 0.460. The number of benzene rings is 2. The lowest BCUT2D eigenvalue weighted by Gasteiger charge is -2.10. The zero-order chi connectivity index (χ0) is 16.4. The predicted octanol–water partition coefficient (Wildman–Crippen LogP) is 4.23. The van der Waals surface area contributed by atoms with Gasteiger partial charge in [-0.05, 0) is 36.4 Å². The fourth-order valence-corrected chi connectivity index (χ4v) is 2.08. The summed E-state index contributed by atoms with van der Waals surface area (Å²) in [5, 5.41) is 12.4. The van der Waals surface area contributed by atoms with Crippen LogP contribution in [0.1, 0.15) is 5.56 Å². The third-order valence-electron chi connectivity index (χ3n) is 3.15. The van der Waals surface area contributed by atoms with E-state index in [9.17, 15) is 18.0 Å². The Morgan fingerprint density at radius 2 is 1.78 bits per heavy atom. The fourth-order valence-electron chi connectivity index (χ4n) is 2.08. The molecule has 5 nitrogen and oxygen atoms in total. The molecule has 2 amide bonds. The van der Waals surface area contributed by atoms with Crippen LogP contribution in [0.3, 0.4) is 0 Å². The van der Waals surface area contributed by atoms with Crippen molar-refractivity contribution in [2.75, 3.05) is 10.6 Å². The molecule has 0 bridgehead atoms. The van der Waals surface area contributed by atoms with Crippen LogP contribution in [0.25, 0.3) is 10.9 Å². The molecule has 8 heteroatoms. The lowest BCUT2D eigenvalue weighted by molar-refractivity contribution is -0.137. The van der Waals surface area contributed by atoms with Gasteiger partial charge in [0.25, 0.3) is 0 Å². The van der Waals surface area contributed by atoms with Crippen molar-refractivity contribution in [3.8, 4) is 0 Å². The van der Waals surface area contributed by atoms with Gasteiger partial charge in [0.05, 0.1) is 17.3 Å². The molecule has 118 valence electrons. The highest BCUT2D eigenvalue weighted by atomic mass is 19.4. The molecule has 0 aliphatic rings. The third-order valence-corrected chi connectivity index (χ3v) is 3.15. The predicted molar refractivity (Wildman–Crippen MR) is 80.2 cm³/mol. The summed E-state index contributed by atoms with van der Waals surface area (Å²) in [6.45, 7) is 0. The molecule has 3 rings (SSSR count). The molecule has 0 fully saturated rings. The standard InChI is InChI=1S/C15H11F3N4O/c16-15(17,18)10-2-1-3-11(6-10)20-14(23)21-12-5-4-9-8-19-22-13(9)7-12/h1-8H,(H,19,22)(H2,20,21,23). The maximum absolute atomic E-state index is 12.6. The van der Waals surface area contributed by atoms with Gasteiger partial charge in [0.15, 0.2) is 0 Å². The molecule has 1 aromatic heterocycles. The van der Waals surface area contributed by atoms with Gasteiger partial charge in [0.2, 0.25) is 0 Å². The van der Waals surface area contributed by atoms with E-state index in [1.54, 1.807) is 24.4 Å². The number of aromatic amines is 1. The van der Waals surface area contributed by atoms with Gasteiger partial charge in [-0.3, -0.25) is 5.10 Å². The lowest BCUT2D eigenvalue weighted by Crippen LogP contribution is -2.19. The zero-order valence-electron chi connectivity index (χ0n) is 11.6. The van der Waals surface area contributed by atoms with E-state index in [1.165, 1.54) is 12.1 Å². The van der Waals surface area contributed by atoms with E-state index in [1.807, 2.05) is 0 Å². The summed E-state index contributed by atoms with van der Waals surface area (Å²) in [6.07, 6.45) is -2.82. The number of amides is 2. The Labute approximate surface area is 128 Å². The number of urea groups is 1. The fraction of sp³-hybridized carbons (Fsp3) is 0.0667. The van der Waals surface area contributed by atoms with E-state index in [4.69, 9.17) is 0 Å². The number of fused-ring (bicyclic) bond motifs is 1. The Kier molecular flexibility index (Phi) is 3.65. The summed E-state index contributed by atoms with van der Waals surface area (Å²) in [7, 11) is 0. The first kappa shape index (κ1) is 14.9. The van der Waals surface area contributed by atoms with E-state index in [-0.39, 0.29) is 5.69 Å². The molecule has 0 saturated heterocycles. The molecule has 0 saturated carbocycles. The second kappa shape index (κ2) is 5.64. The maximum Gasteiger partial charge on any atom is 0.416 e. The van der Waals surface area contributed by atoms with Crippen LogP contribution in [0.15, 0.2) is 48.7 Å². The number of H-pyrrole nitrogens is 1. The van der Waals surface area contributed by atoms with Gasteiger partial charge in [-0.1, -0.05) is 6.07 Å². The number of rotatable bonds is 2. The Bertz CT molecular complexity index is 857. The Balaban J connectivity index is 1.71. The minimum Gasteiger partial charge on any atom is -0.308 e. The highest BCUT2D eigenvalue weighted by Crippen LogP contribution is 2.30. The monoisotopic (exact) mass is 320 g/mol. The summed E-state index contributed by atoms with van der Waals surface area (Å²) in [6, 6.07) is 8.90. The maximum atomic E-state index is 12.6. The number of hydrogen-bond acceptors (Lipinski definition) is 2. The highest BCUT2D eigenvalue weighted by Gasteiger charge is 2.30. The molecule has 0 aliphatic heterocycles. The smallest absolute Gasteiger partial charge is 0.308 e. The molecule has 0 atom stereocenters. The van der Waals surface area contributed by atoms with Crippen LogP contribution < -0.4 is 10.6 Å². The molecule has 3 aromatic rings. The SMILES string of the molecule is O=C(Nc1cccc(C(F)(F)F)c1)Nc1ccc2cn[nH]c2c1. The Morgan fingerprint density at radius 1 is 1.04 bits per heavy atom. The summed E-state index contributed by atoms with van der Waals surface area (Å²) in [5.74, 6) is 0. The van der Waals surface area contributed by atoms with Crippen LogP contribution in [-0.2, 0) is 6.18 Å². The van der Waals surface area contributed by atoms with Crippen molar-refractivity contribution in [1.29, 1.82) is 0 Å². The first-order chi connectivity index (χ1) is 10.9. The highest BCUT2D eigenvalue weighted by molar-refractivity contribution is 6.00. The van der Waals surface area contributed by atoms with Gasteiger partial charge in [0.1, 0.15) is 0 Å². The number of aromatic nitrogens is 2. The van der Waals surface area contributed by atoms with Crippen LogP contribution >= 0.6 is 0 Å². The van der Waals surface area contributed by atoms with Crippen molar-refractivity contribution in [3.63, 3.8) is 0 Å². The molecule has 3 N–H and O–H groups in total. The molecule has 2 aromatic carbocycles. The van der Waals surface area contributed by atoms with Gasteiger partial charge in [0, 0.05) is 16.8 Å². The van der Waals surface area contributed by atoms with E-state index >= 15 is 0 Å². The van der Waals surface area contributed by atoms with E-state index < -0.39 is 17.8 Å². The van der Waals surface area contributed by atoms with E-state index in [0.29, 0.717) is 5.69 Å². The molecule has 0 unspecified atom stereocenters. The third kappa shape index (κ3) is 3.42. The van der Waals surface area contributed by atoms with Gasteiger partial charge < -0.3 is 10.6 Å². The average Bonchev–Trinajstić information content (AvgIpc) is 2.94. The van der Waals surface area contributed by atoms with Gasteiger partial charge >= 0.3 is 12.2 Å². The van der Waals surface area contributed by atoms with Crippen molar-refractivity contribution >= 4 is 28.3 Å². The number of nitrogens with one attached hydrogen (secondary N) is 3. The average molecular weight is 320 g/mol. The van der Waals surface area contributed by atoms with Crippen molar-refractivity contribution in [2.45, 2.75) is 6.18 Å². The minimum atomic E-state index is -4.46. The van der Waals surface area contributed by atoms with E-state index in [0.717, 1.165) is 23.0 Å². The molecule has 23 heavy (non-hydrogen) atoms. The van der Waals surface area contributed by atoms with Crippen molar-refractivity contribution in [1.82, 2.24) is 10.2 Å². The second-order valence-corrected chi connectivity index (χ2v) is 4.83. The number of nitrogens with zero attached hydrogens (tertiary/aromatic N) is 1. The molecule has 0 spiro atoms. The Hall–Kier alpha value is -3.03. The molecular weight excluding hydrogens is 309 g/mol. The van der Waals surface area contributed by atoms with Crippen LogP contribution in [0.4, 0.5) is 29.3 Å². The number of alkyl halides is 3. The summed E-state index contributed by atoms with van der Waals surface area (Å²) < 4.78 is 37.9. The van der Waals surface area contributed by atoms with Crippen LogP contribution in [0.5, 0.6) is 0 Å². The van der Waals surface area contributed by atoms with Crippen molar-refractivity contribution in [3.05, 3.63) is 54.2 Å². The van der Waals surface area contributed by atoms with Crippen LogP contribution in [0, 0.1) is 0 Å². The normalized spacial score (nSPS) is 11.4. The first-order valence-electron chi connectivity index (χ1n) is 6.60. The number of anilines is 2. The van der Waals surface area contributed by atoms with Crippen molar-refractivity contribution < 1.29 is 18.0 Å². The quantitative estimate of drug-likeness (QED) is 0.661. The topological polar surface area (TPSA) is 69.8 Å². The zero-order valence-corrected chi connectivity index (χ0v) is 11.6. The number of halogens is 3. The lowest BCUT2D eigenvalue weighted by atomic mass is 10.2. The largest absolute Gasteiger partial charge is 0.416 e. The van der Waals surface area contributed by atoms with Crippen LogP contribution in [-0.4, -0.2) is 16.2 Å². The molecule has 0 aliphatic carbocycles. The Morgan fingerprint density at radius 3 is 2.52 bits per heavy atom. The molecule has 1 heterocycles. The number of hydrogen-bond donors (Lipinski definition) is 3. The first-order valence-corrected chi connectivity index (χ1v) is 6.60. The van der Waals surface area contributed by atoms with Gasteiger partial charge in [-0.25, -0.2) is 4.79 Å². The molecular formula is C15H11F3N4O. The number of carbonyl (C=O) groups excluding carboxylic acids is 1. The minimum absolute atomic E-state index is 0.0555. The van der Waals surface area contributed by atoms with E-state index in [2.05, 4.69) is 20.8 Å². The molecule has 0 radical (unpaired) electrons. The van der Waals surface area contributed by atoms with Crippen molar-refractivity contribution in [2.24, 2.45) is 0 Å². The number of carbonyl (C=O) groups is 1. The second-order valence-electron chi connectivity index (χ2n) is 4.83. The van der Waals surface area contributed by atoms with Gasteiger partial charge in [-0.2, -0.15) is 18.3 Å². The van der Waals surface area contributed by atoms with Gasteiger partial charge in [-0.15, -0.1) is 0 Å².